The first kappa shape index (κ1) is 12.8. The average molecular weight is 251 g/mol. The third kappa shape index (κ3) is 2.76. The van der Waals surface area contributed by atoms with Crippen LogP contribution in [0.5, 0.6) is 0 Å². The highest BCUT2D eigenvalue weighted by Gasteiger charge is 2.21. The summed E-state index contributed by atoms with van der Waals surface area (Å²) in [6.07, 6.45) is 2.69. The van der Waals surface area contributed by atoms with Crippen LogP contribution in [-0.2, 0) is 11.4 Å². The van der Waals surface area contributed by atoms with Gasteiger partial charge in [-0.1, -0.05) is 6.92 Å². The SMILES string of the molecule is CCCn1nc(C(=O)N2CCCCO2)ccc1=O. The number of rotatable bonds is 3. The van der Waals surface area contributed by atoms with Gasteiger partial charge in [-0.3, -0.25) is 14.4 Å². The summed E-state index contributed by atoms with van der Waals surface area (Å²) in [7, 11) is 0. The van der Waals surface area contributed by atoms with Crippen LogP contribution in [0.15, 0.2) is 16.9 Å². The molecule has 6 nitrogen and oxygen atoms in total. The Morgan fingerprint density at radius 2 is 2.28 bits per heavy atom. The molecule has 0 bridgehead atoms. The topological polar surface area (TPSA) is 64.4 Å². The van der Waals surface area contributed by atoms with Crippen LogP contribution in [0.4, 0.5) is 0 Å². The predicted molar refractivity (Wildman–Crippen MR) is 65.0 cm³/mol. The standard InChI is InChI=1S/C12H17N3O3/c1-2-7-14-11(16)6-5-10(13-14)12(17)15-8-3-4-9-18-15/h5-6H,2-4,7-9H2,1H3. The van der Waals surface area contributed by atoms with Gasteiger partial charge >= 0.3 is 0 Å². The Kier molecular flexibility index (Phi) is 4.09. The summed E-state index contributed by atoms with van der Waals surface area (Å²) in [5.74, 6) is -0.278. The van der Waals surface area contributed by atoms with Crippen LogP contribution in [-0.4, -0.2) is 33.9 Å². The monoisotopic (exact) mass is 251 g/mol. The van der Waals surface area contributed by atoms with Crippen molar-refractivity contribution in [2.24, 2.45) is 0 Å². The molecule has 1 saturated heterocycles. The highest BCUT2D eigenvalue weighted by molar-refractivity contribution is 5.91. The van der Waals surface area contributed by atoms with Gasteiger partial charge in [-0.05, 0) is 25.3 Å². The van der Waals surface area contributed by atoms with E-state index in [-0.39, 0.29) is 17.2 Å². The molecule has 6 heteroatoms. The van der Waals surface area contributed by atoms with Crippen molar-refractivity contribution in [3.8, 4) is 0 Å². The molecule has 0 spiro atoms. The van der Waals surface area contributed by atoms with Crippen LogP contribution in [0.25, 0.3) is 0 Å². The summed E-state index contributed by atoms with van der Waals surface area (Å²) in [4.78, 5) is 28.9. The summed E-state index contributed by atoms with van der Waals surface area (Å²) in [5, 5.41) is 5.40. The zero-order valence-electron chi connectivity index (χ0n) is 10.5. The van der Waals surface area contributed by atoms with Crippen molar-refractivity contribution in [2.75, 3.05) is 13.2 Å². The van der Waals surface area contributed by atoms with Crippen LogP contribution in [0.2, 0.25) is 0 Å². The van der Waals surface area contributed by atoms with E-state index < -0.39 is 0 Å². The van der Waals surface area contributed by atoms with Gasteiger partial charge in [0, 0.05) is 19.2 Å². The minimum atomic E-state index is -0.278. The van der Waals surface area contributed by atoms with E-state index in [1.807, 2.05) is 6.92 Å². The molecule has 1 aliphatic heterocycles. The summed E-state index contributed by atoms with van der Waals surface area (Å²) in [6, 6.07) is 2.83. The van der Waals surface area contributed by atoms with Crippen LogP contribution in [0.3, 0.4) is 0 Å². The summed E-state index contributed by atoms with van der Waals surface area (Å²) < 4.78 is 1.32. The lowest BCUT2D eigenvalue weighted by Crippen LogP contribution is -2.37. The van der Waals surface area contributed by atoms with E-state index in [0.717, 1.165) is 19.3 Å². The lowest BCUT2D eigenvalue weighted by Gasteiger charge is -2.25. The molecule has 18 heavy (non-hydrogen) atoms. The molecule has 0 N–H and O–H groups in total. The first-order chi connectivity index (χ1) is 8.72. The van der Waals surface area contributed by atoms with Crippen molar-refractivity contribution in [1.29, 1.82) is 0 Å². The lowest BCUT2D eigenvalue weighted by molar-refractivity contribution is -0.144. The maximum absolute atomic E-state index is 12.1. The Morgan fingerprint density at radius 1 is 1.44 bits per heavy atom. The van der Waals surface area contributed by atoms with E-state index in [0.29, 0.717) is 19.7 Å². The van der Waals surface area contributed by atoms with E-state index in [1.54, 1.807) is 0 Å². The molecule has 98 valence electrons. The molecule has 0 atom stereocenters. The van der Waals surface area contributed by atoms with Gasteiger partial charge in [-0.2, -0.15) is 5.10 Å². The van der Waals surface area contributed by atoms with E-state index in [2.05, 4.69) is 5.10 Å². The van der Waals surface area contributed by atoms with Crippen molar-refractivity contribution in [3.63, 3.8) is 0 Å². The molecule has 1 aliphatic rings. The fourth-order valence-corrected chi connectivity index (χ4v) is 1.82. The van der Waals surface area contributed by atoms with E-state index in [9.17, 15) is 9.59 Å². The van der Waals surface area contributed by atoms with Gasteiger partial charge in [0.1, 0.15) is 0 Å². The first-order valence-electron chi connectivity index (χ1n) is 6.25. The van der Waals surface area contributed by atoms with Gasteiger partial charge in [-0.25, -0.2) is 9.75 Å². The fraction of sp³-hybridized carbons (Fsp3) is 0.583. The number of carbonyl (C=O) groups is 1. The molecule has 1 amide bonds. The zero-order valence-corrected chi connectivity index (χ0v) is 10.5. The maximum atomic E-state index is 12.1. The van der Waals surface area contributed by atoms with E-state index >= 15 is 0 Å². The van der Waals surface area contributed by atoms with Crippen LogP contribution < -0.4 is 5.56 Å². The Bertz CT molecular complexity index is 478. The Labute approximate surface area is 105 Å². The fourth-order valence-electron chi connectivity index (χ4n) is 1.82. The smallest absolute Gasteiger partial charge is 0.271 e. The maximum Gasteiger partial charge on any atom is 0.297 e. The number of hydrogen-bond donors (Lipinski definition) is 0. The predicted octanol–water partition coefficient (Wildman–Crippen LogP) is 0.821. The van der Waals surface area contributed by atoms with Gasteiger partial charge < -0.3 is 0 Å². The largest absolute Gasteiger partial charge is 0.297 e. The number of hydrogen-bond acceptors (Lipinski definition) is 4. The minimum absolute atomic E-state index is 0.187. The highest BCUT2D eigenvalue weighted by Crippen LogP contribution is 2.09. The molecule has 1 fully saturated rings. The van der Waals surface area contributed by atoms with Gasteiger partial charge in [0.05, 0.1) is 6.61 Å². The third-order valence-electron chi connectivity index (χ3n) is 2.75. The molecule has 0 aromatic carbocycles. The summed E-state index contributed by atoms with van der Waals surface area (Å²) >= 11 is 0. The van der Waals surface area contributed by atoms with E-state index in [4.69, 9.17) is 4.84 Å². The molecule has 0 radical (unpaired) electrons. The highest BCUT2D eigenvalue weighted by atomic mass is 16.7. The van der Waals surface area contributed by atoms with Crippen LogP contribution in [0.1, 0.15) is 36.7 Å². The van der Waals surface area contributed by atoms with Crippen molar-refractivity contribution in [1.82, 2.24) is 14.8 Å². The second-order valence-electron chi connectivity index (χ2n) is 4.23. The zero-order chi connectivity index (χ0) is 13.0. The number of amides is 1. The van der Waals surface area contributed by atoms with Crippen LogP contribution in [0, 0.1) is 0 Å². The Morgan fingerprint density at radius 3 is 2.94 bits per heavy atom. The van der Waals surface area contributed by atoms with Gasteiger partial charge in [-0.15, -0.1) is 0 Å². The van der Waals surface area contributed by atoms with Gasteiger partial charge in [0.2, 0.25) is 0 Å². The normalized spacial score (nSPS) is 15.7. The molecule has 0 saturated carbocycles. The quantitative estimate of drug-likeness (QED) is 0.797. The van der Waals surface area contributed by atoms with Crippen molar-refractivity contribution in [2.45, 2.75) is 32.7 Å². The average Bonchev–Trinajstić information content (AvgIpc) is 2.42. The number of aromatic nitrogens is 2. The number of nitrogens with zero attached hydrogens (tertiary/aromatic N) is 3. The molecule has 1 aromatic rings. The molecule has 0 unspecified atom stereocenters. The molecule has 2 rings (SSSR count). The summed E-state index contributed by atoms with van der Waals surface area (Å²) in [5.41, 5.74) is 0.0675. The lowest BCUT2D eigenvalue weighted by atomic mass is 10.3. The summed E-state index contributed by atoms with van der Waals surface area (Å²) in [6.45, 7) is 3.60. The third-order valence-corrected chi connectivity index (χ3v) is 2.75. The van der Waals surface area contributed by atoms with Crippen molar-refractivity contribution < 1.29 is 9.63 Å². The molecule has 0 aliphatic carbocycles. The Balaban J connectivity index is 2.19. The first-order valence-corrected chi connectivity index (χ1v) is 6.25. The van der Waals surface area contributed by atoms with Gasteiger partial charge in [0.15, 0.2) is 5.69 Å². The van der Waals surface area contributed by atoms with Gasteiger partial charge in [0.25, 0.3) is 11.5 Å². The number of hydroxylamine groups is 2. The Hall–Kier alpha value is -1.69. The molecular formula is C12H17N3O3. The van der Waals surface area contributed by atoms with Crippen molar-refractivity contribution >= 4 is 5.91 Å². The van der Waals surface area contributed by atoms with E-state index in [1.165, 1.54) is 21.9 Å². The number of carbonyl (C=O) groups excluding carboxylic acids is 1. The van der Waals surface area contributed by atoms with Crippen molar-refractivity contribution in [3.05, 3.63) is 28.2 Å². The molecule has 1 aromatic heterocycles. The number of aryl methyl sites for hydroxylation is 1. The minimum Gasteiger partial charge on any atom is -0.271 e. The molecule has 2 heterocycles. The molecular weight excluding hydrogens is 234 g/mol. The van der Waals surface area contributed by atoms with Crippen LogP contribution >= 0.6 is 0 Å². The second kappa shape index (κ2) is 5.77. The second-order valence-corrected chi connectivity index (χ2v) is 4.23.